The molecule has 13 nitrogen and oxygen atoms in total. The number of halogens is 4. The first-order valence-electron chi connectivity index (χ1n) is 17.1. The number of hydrogen-bond donors (Lipinski definition) is 3. The van der Waals surface area contributed by atoms with Gasteiger partial charge in [-0.25, -0.2) is 32.5 Å². The standard InChI is InChI=1S/C21H20FIN4O3.C19H17FIN3O3.B.Na.H/c1-25(2)13-24-19-10-20(29)26(11-14-3-5-15(12-28)6-4-14)21(30)27(19)18-8-7-16(23)9-17(18)22;1-22-17-9-18(26)23(10-12-2-4-13(11-25)5-3-12)19(27)24(17)16-7-6-14(21)8-15(16)20;;;/h3-10,13,28H,11-12H2,1-2H3;2-9,22,25H,10-11H2,1H3;;;/q;;;+1;-1. The number of anilines is 1. The molecule has 0 saturated heterocycles. The van der Waals surface area contributed by atoms with Gasteiger partial charge in [-0.15, -0.1) is 0 Å². The molecule has 0 aliphatic carbocycles. The fraction of sp³-hybridized carbons (Fsp3) is 0.175. The zero-order chi connectivity index (χ0) is 41.4. The molecule has 0 spiro atoms. The summed E-state index contributed by atoms with van der Waals surface area (Å²) in [4.78, 5) is 57.2. The van der Waals surface area contributed by atoms with Crippen molar-refractivity contribution < 1.29 is 50.0 Å². The molecule has 59 heavy (non-hydrogen) atoms. The molecule has 0 bridgehead atoms. The molecule has 0 unspecified atom stereocenters. The number of aromatic nitrogens is 4. The molecule has 3 radical (unpaired) electrons. The van der Waals surface area contributed by atoms with Crippen LogP contribution in [0.2, 0.25) is 0 Å². The molecule has 301 valence electrons. The Morgan fingerprint density at radius 3 is 1.49 bits per heavy atom. The van der Waals surface area contributed by atoms with Crippen LogP contribution in [-0.2, 0) is 26.3 Å². The Labute approximate surface area is 390 Å². The van der Waals surface area contributed by atoms with Crippen LogP contribution in [0.15, 0.2) is 121 Å². The first-order valence-corrected chi connectivity index (χ1v) is 19.3. The Bertz CT molecular complexity index is 2680. The molecule has 0 fully saturated rings. The van der Waals surface area contributed by atoms with Gasteiger partial charge in [-0.1, -0.05) is 48.5 Å². The number of rotatable bonds is 11. The smallest absolute Gasteiger partial charge is 1.00 e. The Hall–Kier alpha value is -4.19. The van der Waals surface area contributed by atoms with Crippen LogP contribution in [0.25, 0.3) is 11.4 Å². The van der Waals surface area contributed by atoms with Crippen molar-refractivity contribution in [2.45, 2.75) is 26.3 Å². The molecule has 0 aliphatic rings. The number of aliphatic hydroxyl groups is 2. The second kappa shape index (κ2) is 22.4. The molecular formula is C40H38BF2I2N7NaO6. The molecule has 2 heterocycles. The average molecular weight is 1040 g/mol. The predicted molar refractivity (Wildman–Crippen MR) is 239 cm³/mol. The van der Waals surface area contributed by atoms with Gasteiger partial charge in [0, 0.05) is 48.8 Å². The van der Waals surface area contributed by atoms with Crippen LogP contribution in [-0.4, -0.2) is 69.3 Å². The monoisotopic (exact) mass is 1040 g/mol. The summed E-state index contributed by atoms with van der Waals surface area (Å²) in [6.07, 6.45) is 1.44. The molecule has 6 aromatic rings. The summed E-state index contributed by atoms with van der Waals surface area (Å²) in [6, 6.07) is 25.3. The van der Waals surface area contributed by atoms with Gasteiger partial charge < -0.3 is 21.9 Å². The van der Waals surface area contributed by atoms with Crippen molar-refractivity contribution in [1.82, 2.24) is 23.2 Å². The summed E-state index contributed by atoms with van der Waals surface area (Å²) < 4.78 is 34.9. The second-order valence-corrected chi connectivity index (χ2v) is 15.2. The Morgan fingerprint density at radius 2 is 1.08 bits per heavy atom. The minimum absolute atomic E-state index is 0. The van der Waals surface area contributed by atoms with Crippen molar-refractivity contribution in [2.24, 2.45) is 4.99 Å². The first-order chi connectivity index (χ1) is 27.2. The van der Waals surface area contributed by atoms with Gasteiger partial charge in [0.2, 0.25) is 0 Å². The summed E-state index contributed by atoms with van der Waals surface area (Å²) >= 11 is 3.97. The van der Waals surface area contributed by atoms with Crippen molar-refractivity contribution in [3.05, 3.63) is 180 Å². The van der Waals surface area contributed by atoms with Crippen molar-refractivity contribution in [3.8, 4) is 11.4 Å². The maximum atomic E-state index is 14.7. The number of nitrogens with one attached hydrogen (secondary N) is 1. The number of hydrogen-bond acceptors (Lipinski definition) is 8. The van der Waals surface area contributed by atoms with Crippen LogP contribution in [0, 0.1) is 18.8 Å². The van der Waals surface area contributed by atoms with Gasteiger partial charge in [0.25, 0.3) is 11.1 Å². The van der Waals surface area contributed by atoms with Crippen LogP contribution < -0.4 is 57.4 Å². The molecule has 4 aromatic carbocycles. The number of aliphatic imine (C=N–C) groups is 1. The quantitative estimate of drug-likeness (QED) is 0.0766. The SMILES string of the molecule is CN(C)C=Nc1cc(=O)n(Cc2ccc(CO)cc2)c(=O)n1-c1ccc(I)cc1F.CNc1cc(=O)n(Cc2ccc(CO)cc2)c(=O)n1-c1ccc(I)cc1F.[B].[H-].[Na+]. The number of nitrogens with zero attached hydrogens (tertiary/aromatic N) is 6. The molecule has 19 heteroatoms. The normalized spacial score (nSPS) is 10.7. The summed E-state index contributed by atoms with van der Waals surface area (Å²) in [7, 11) is 5.05. The first kappa shape index (κ1) is 49.2. The van der Waals surface area contributed by atoms with E-state index in [2.05, 4.69) is 10.3 Å². The molecular weight excluding hydrogens is 1000 g/mol. The second-order valence-electron chi connectivity index (χ2n) is 12.7. The topological polar surface area (TPSA) is 156 Å². The van der Waals surface area contributed by atoms with E-state index in [1.165, 1.54) is 42.7 Å². The van der Waals surface area contributed by atoms with E-state index < -0.39 is 34.1 Å². The maximum absolute atomic E-state index is 14.7. The summed E-state index contributed by atoms with van der Waals surface area (Å²) in [6.45, 7) is -0.139. The molecule has 0 aliphatic heterocycles. The molecule has 2 aromatic heterocycles. The third-order valence-electron chi connectivity index (χ3n) is 8.43. The van der Waals surface area contributed by atoms with Gasteiger partial charge in [0.05, 0.1) is 44.0 Å². The van der Waals surface area contributed by atoms with E-state index >= 15 is 0 Å². The summed E-state index contributed by atoms with van der Waals surface area (Å²) in [5.74, 6) is -0.913. The van der Waals surface area contributed by atoms with Crippen LogP contribution in [0.3, 0.4) is 0 Å². The maximum Gasteiger partial charge on any atom is 1.00 e. The van der Waals surface area contributed by atoms with E-state index in [9.17, 15) is 33.1 Å². The predicted octanol–water partition coefficient (Wildman–Crippen LogP) is 1.57. The van der Waals surface area contributed by atoms with Crippen molar-refractivity contribution in [1.29, 1.82) is 0 Å². The van der Waals surface area contributed by atoms with E-state index in [1.54, 1.807) is 86.7 Å². The van der Waals surface area contributed by atoms with E-state index in [-0.39, 0.29) is 88.7 Å². The van der Waals surface area contributed by atoms with Crippen LogP contribution in [0.5, 0.6) is 0 Å². The van der Waals surface area contributed by atoms with Crippen molar-refractivity contribution in [2.75, 3.05) is 26.5 Å². The van der Waals surface area contributed by atoms with Crippen LogP contribution in [0.1, 0.15) is 23.7 Å². The van der Waals surface area contributed by atoms with Gasteiger partial charge in [0.15, 0.2) is 0 Å². The van der Waals surface area contributed by atoms with Gasteiger partial charge in [-0.05, 0) is 104 Å². The Kier molecular flexibility index (Phi) is 18.7. The Morgan fingerprint density at radius 1 is 0.678 bits per heavy atom. The molecule has 0 amide bonds. The minimum atomic E-state index is -0.695. The van der Waals surface area contributed by atoms with E-state index in [0.717, 1.165) is 35.0 Å². The van der Waals surface area contributed by atoms with Gasteiger partial charge in [0.1, 0.15) is 23.3 Å². The average Bonchev–Trinajstić information content (AvgIpc) is 3.18. The molecule has 0 saturated carbocycles. The van der Waals surface area contributed by atoms with E-state index in [1.807, 2.05) is 45.2 Å². The molecule has 3 N–H and O–H groups in total. The van der Waals surface area contributed by atoms with Gasteiger partial charge in [-0.2, -0.15) is 0 Å². The van der Waals surface area contributed by atoms with Crippen LogP contribution >= 0.6 is 45.2 Å². The van der Waals surface area contributed by atoms with Crippen molar-refractivity contribution >= 4 is 71.6 Å². The van der Waals surface area contributed by atoms with Gasteiger partial charge >= 0.3 is 40.9 Å². The fourth-order valence-electron chi connectivity index (χ4n) is 5.54. The van der Waals surface area contributed by atoms with Gasteiger partial charge in [-0.3, -0.25) is 18.7 Å². The third-order valence-corrected chi connectivity index (χ3v) is 9.77. The summed E-state index contributed by atoms with van der Waals surface area (Å²) in [5.41, 5.74) is 0.580. The molecule has 0 atom stereocenters. The zero-order valence-electron chi connectivity index (χ0n) is 33.4. The summed E-state index contributed by atoms with van der Waals surface area (Å²) in [5, 5.41) is 21.1. The number of aliphatic hydroxyl groups excluding tert-OH is 2. The third kappa shape index (κ3) is 12.2. The van der Waals surface area contributed by atoms with Crippen molar-refractivity contribution in [3.63, 3.8) is 0 Å². The largest absolute Gasteiger partial charge is 1.00 e. The minimum Gasteiger partial charge on any atom is -1.00 e. The van der Waals surface area contributed by atoms with Crippen LogP contribution in [0.4, 0.5) is 20.4 Å². The zero-order valence-corrected chi connectivity index (χ0v) is 38.8. The molecule has 6 rings (SSSR count). The number of benzene rings is 4. The van der Waals surface area contributed by atoms with E-state index in [0.29, 0.717) is 12.7 Å². The fourth-order valence-corrected chi connectivity index (χ4v) is 6.44. The Balaban J connectivity index is 0.000000396. The van der Waals surface area contributed by atoms with E-state index in [4.69, 9.17) is 5.11 Å².